The van der Waals surface area contributed by atoms with Crippen molar-refractivity contribution >= 4 is 40.4 Å². The van der Waals surface area contributed by atoms with E-state index in [4.69, 9.17) is 16.0 Å². The van der Waals surface area contributed by atoms with Crippen LogP contribution in [0.2, 0.25) is 5.02 Å². The summed E-state index contributed by atoms with van der Waals surface area (Å²) >= 11 is 7.43. The van der Waals surface area contributed by atoms with Crippen molar-refractivity contribution in [1.29, 1.82) is 0 Å². The van der Waals surface area contributed by atoms with Crippen molar-refractivity contribution in [2.24, 2.45) is 0 Å². The normalized spacial score (nSPS) is 10.9. The van der Waals surface area contributed by atoms with Gasteiger partial charge in [-0.2, -0.15) is 0 Å². The Morgan fingerprint density at radius 1 is 1.26 bits per heavy atom. The second kappa shape index (κ2) is 6.64. The van der Waals surface area contributed by atoms with Gasteiger partial charge in [0.15, 0.2) is 5.58 Å². The fraction of sp³-hybridized carbons (Fsp3) is 0.176. The van der Waals surface area contributed by atoms with Gasteiger partial charge in [-0.1, -0.05) is 35.5 Å². The number of benzene rings is 2. The molecule has 0 aliphatic heterocycles. The molecule has 0 bridgehead atoms. The summed E-state index contributed by atoms with van der Waals surface area (Å²) in [4.78, 5) is 18.0. The minimum atomic E-state index is -0.00615. The molecular formula is C17H15ClN2O2S. The van der Waals surface area contributed by atoms with Gasteiger partial charge in [0.1, 0.15) is 5.52 Å². The number of hydrogen-bond acceptors (Lipinski definition) is 4. The molecule has 0 saturated carbocycles. The number of oxazole rings is 1. The summed E-state index contributed by atoms with van der Waals surface area (Å²) in [7, 11) is 3.49. The number of rotatable bonds is 4. The first-order chi connectivity index (χ1) is 11.0. The van der Waals surface area contributed by atoms with E-state index in [1.807, 2.05) is 30.3 Å². The molecule has 118 valence electrons. The zero-order chi connectivity index (χ0) is 16.4. The van der Waals surface area contributed by atoms with Crippen LogP contribution in [0.15, 0.2) is 52.1 Å². The highest BCUT2D eigenvalue weighted by atomic mass is 35.5. The maximum Gasteiger partial charge on any atom is 0.257 e. The highest BCUT2D eigenvalue weighted by Gasteiger charge is 2.10. The number of thioether (sulfide) groups is 1. The van der Waals surface area contributed by atoms with Gasteiger partial charge in [0.25, 0.3) is 11.1 Å². The van der Waals surface area contributed by atoms with Crippen LogP contribution in [0, 0.1) is 0 Å². The van der Waals surface area contributed by atoms with E-state index in [1.54, 1.807) is 31.1 Å². The Kier molecular flexibility index (Phi) is 4.59. The summed E-state index contributed by atoms with van der Waals surface area (Å²) in [6.07, 6.45) is 0. The third-order valence-electron chi connectivity index (χ3n) is 3.27. The summed E-state index contributed by atoms with van der Waals surface area (Å²) in [5.41, 5.74) is 3.19. The lowest BCUT2D eigenvalue weighted by Crippen LogP contribution is -2.21. The van der Waals surface area contributed by atoms with Crippen molar-refractivity contribution in [3.63, 3.8) is 0 Å². The van der Waals surface area contributed by atoms with Gasteiger partial charge in [-0.25, -0.2) is 4.98 Å². The smallest absolute Gasteiger partial charge is 0.257 e. The molecule has 0 radical (unpaired) electrons. The van der Waals surface area contributed by atoms with Crippen molar-refractivity contribution in [3.05, 3.63) is 58.6 Å². The van der Waals surface area contributed by atoms with Crippen LogP contribution < -0.4 is 0 Å². The Balaban J connectivity index is 1.74. The molecule has 4 nitrogen and oxygen atoms in total. The molecule has 1 amide bonds. The lowest BCUT2D eigenvalue weighted by atomic mass is 10.1. The van der Waals surface area contributed by atoms with E-state index in [0.717, 1.165) is 11.1 Å². The van der Waals surface area contributed by atoms with E-state index in [2.05, 4.69) is 4.98 Å². The minimum Gasteiger partial charge on any atom is -0.431 e. The van der Waals surface area contributed by atoms with Gasteiger partial charge in [-0.05, 0) is 29.8 Å². The number of fused-ring (bicyclic) bond motifs is 1. The number of aromatic nitrogens is 1. The summed E-state index contributed by atoms with van der Waals surface area (Å²) in [5, 5.41) is 1.21. The van der Waals surface area contributed by atoms with Crippen LogP contribution >= 0.6 is 23.4 Å². The van der Waals surface area contributed by atoms with Crippen LogP contribution in [0.3, 0.4) is 0 Å². The van der Waals surface area contributed by atoms with Crippen molar-refractivity contribution in [2.75, 3.05) is 14.1 Å². The molecule has 0 aliphatic carbocycles. The van der Waals surface area contributed by atoms with E-state index in [0.29, 0.717) is 27.1 Å². The number of carbonyl (C=O) groups excluding carboxylic acids is 1. The first kappa shape index (κ1) is 15.9. The Bertz CT molecular complexity index is 861. The second-order valence-electron chi connectivity index (χ2n) is 5.28. The molecule has 6 heteroatoms. The monoisotopic (exact) mass is 346 g/mol. The van der Waals surface area contributed by atoms with Gasteiger partial charge in [-0.15, -0.1) is 0 Å². The fourth-order valence-corrected chi connectivity index (χ4v) is 3.08. The van der Waals surface area contributed by atoms with Crippen LogP contribution in [0.4, 0.5) is 0 Å². The average molecular weight is 347 g/mol. The summed E-state index contributed by atoms with van der Waals surface area (Å²) in [5.74, 6) is 0.670. The molecule has 3 rings (SSSR count). The molecule has 2 aromatic carbocycles. The molecular weight excluding hydrogens is 332 g/mol. The third-order valence-corrected chi connectivity index (χ3v) is 4.41. The number of hydrogen-bond donors (Lipinski definition) is 0. The maximum absolute atomic E-state index is 12.0. The summed E-state index contributed by atoms with van der Waals surface area (Å²) in [6.45, 7) is 0. The molecule has 0 aliphatic rings. The van der Waals surface area contributed by atoms with Gasteiger partial charge in [0.05, 0.1) is 0 Å². The molecule has 3 aromatic rings. The topological polar surface area (TPSA) is 46.3 Å². The highest BCUT2D eigenvalue weighted by molar-refractivity contribution is 7.98. The SMILES string of the molecule is CN(C)C(=O)c1cccc(CSc2nc3ccc(Cl)cc3o2)c1. The number of halogens is 1. The maximum atomic E-state index is 12.0. The summed E-state index contributed by atoms with van der Waals surface area (Å²) in [6, 6.07) is 13.0. The third kappa shape index (κ3) is 3.68. The number of nitrogens with zero attached hydrogens (tertiary/aromatic N) is 2. The molecule has 23 heavy (non-hydrogen) atoms. The quantitative estimate of drug-likeness (QED) is 0.654. The van der Waals surface area contributed by atoms with Crippen molar-refractivity contribution in [2.45, 2.75) is 11.0 Å². The predicted octanol–water partition coefficient (Wildman–Crippen LogP) is 4.48. The lowest BCUT2D eigenvalue weighted by Gasteiger charge is -2.10. The van der Waals surface area contributed by atoms with E-state index in [1.165, 1.54) is 11.8 Å². The minimum absolute atomic E-state index is 0.00615. The highest BCUT2D eigenvalue weighted by Crippen LogP contribution is 2.28. The molecule has 0 spiro atoms. The largest absolute Gasteiger partial charge is 0.431 e. The Morgan fingerprint density at radius 2 is 2.09 bits per heavy atom. The van der Waals surface area contributed by atoms with E-state index < -0.39 is 0 Å². The second-order valence-corrected chi connectivity index (χ2v) is 6.64. The first-order valence-corrected chi connectivity index (χ1v) is 8.39. The van der Waals surface area contributed by atoms with Gasteiger partial charge >= 0.3 is 0 Å². The van der Waals surface area contributed by atoms with E-state index in [-0.39, 0.29) is 5.91 Å². The Labute approximate surface area is 143 Å². The molecule has 1 heterocycles. The Morgan fingerprint density at radius 3 is 2.87 bits per heavy atom. The summed E-state index contributed by atoms with van der Waals surface area (Å²) < 4.78 is 5.68. The lowest BCUT2D eigenvalue weighted by molar-refractivity contribution is 0.0827. The van der Waals surface area contributed by atoms with E-state index >= 15 is 0 Å². The van der Waals surface area contributed by atoms with Crippen LogP contribution in [-0.4, -0.2) is 29.9 Å². The van der Waals surface area contributed by atoms with Crippen molar-refractivity contribution < 1.29 is 9.21 Å². The number of carbonyl (C=O) groups is 1. The van der Waals surface area contributed by atoms with Gasteiger partial charge in [0, 0.05) is 36.5 Å². The predicted molar refractivity (Wildman–Crippen MR) is 93.0 cm³/mol. The molecule has 0 atom stereocenters. The zero-order valence-electron chi connectivity index (χ0n) is 12.7. The molecule has 0 N–H and O–H groups in total. The van der Waals surface area contributed by atoms with Crippen molar-refractivity contribution in [1.82, 2.24) is 9.88 Å². The first-order valence-electron chi connectivity index (χ1n) is 7.02. The Hall–Kier alpha value is -1.98. The van der Waals surface area contributed by atoms with Gasteiger partial charge < -0.3 is 9.32 Å². The standard InChI is InChI=1S/C17H15ClN2O2S/c1-20(2)16(21)12-5-3-4-11(8-12)10-23-17-19-14-7-6-13(18)9-15(14)22-17/h3-9H,10H2,1-2H3. The van der Waals surface area contributed by atoms with Crippen LogP contribution in [0.1, 0.15) is 15.9 Å². The zero-order valence-corrected chi connectivity index (χ0v) is 14.3. The van der Waals surface area contributed by atoms with Crippen LogP contribution in [0.5, 0.6) is 0 Å². The fourth-order valence-electron chi connectivity index (χ4n) is 2.14. The number of amides is 1. The molecule has 0 saturated heterocycles. The van der Waals surface area contributed by atoms with Crippen molar-refractivity contribution in [3.8, 4) is 0 Å². The molecule has 0 unspecified atom stereocenters. The van der Waals surface area contributed by atoms with Gasteiger partial charge in [-0.3, -0.25) is 4.79 Å². The molecule has 1 aromatic heterocycles. The van der Waals surface area contributed by atoms with E-state index in [9.17, 15) is 4.79 Å². The molecule has 0 fully saturated rings. The van der Waals surface area contributed by atoms with Crippen LogP contribution in [-0.2, 0) is 5.75 Å². The average Bonchev–Trinajstić information content (AvgIpc) is 2.94. The van der Waals surface area contributed by atoms with Crippen LogP contribution in [0.25, 0.3) is 11.1 Å². The van der Waals surface area contributed by atoms with Gasteiger partial charge in [0.2, 0.25) is 0 Å².